The molecule has 0 aliphatic heterocycles. The molecule has 1 heterocycles. The van der Waals surface area contributed by atoms with E-state index in [0.717, 1.165) is 16.7 Å². The molecular weight excluding hydrogens is 358 g/mol. The van der Waals surface area contributed by atoms with Gasteiger partial charge < -0.3 is 14.9 Å². The topological polar surface area (TPSA) is 96.7 Å². The van der Waals surface area contributed by atoms with Gasteiger partial charge in [-0.05, 0) is 42.2 Å². The number of aromatic carboxylic acids is 1. The molecule has 140 valence electrons. The van der Waals surface area contributed by atoms with Gasteiger partial charge in [-0.15, -0.1) is 0 Å². The maximum atomic E-state index is 11.9. The zero-order chi connectivity index (χ0) is 19.7. The lowest BCUT2D eigenvalue weighted by atomic mass is 10.0. The number of rotatable bonds is 5. The summed E-state index contributed by atoms with van der Waals surface area (Å²) in [6.07, 6.45) is 3.15. The third-order valence-corrected chi connectivity index (χ3v) is 4.76. The van der Waals surface area contributed by atoms with Gasteiger partial charge in [0.25, 0.3) is 0 Å². The third kappa shape index (κ3) is 3.20. The predicted octanol–water partition coefficient (Wildman–Crippen LogP) is 3.88. The highest BCUT2D eigenvalue weighted by molar-refractivity contribution is 6.06. The molecule has 3 aromatic rings. The molecule has 6 nitrogen and oxygen atoms in total. The number of hydrogen-bond acceptors (Lipinski definition) is 4. The largest absolute Gasteiger partial charge is 0.481 e. The summed E-state index contributed by atoms with van der Waals surface area (Å²) < 4.78 is 5.37. The first-order chi connectivity index (χ1) is 13.5. The Morgan fingerprint density at radius 3 is 2.57 bits per heavy atom. The first-order valence-corrected chi connectivity index (χ1v) is 8.84. The van der Waals surface area contributed by atoms with E-state index in [2.05, 4.69) is 0 Å². The van der Waals surface area contributed by atoms with Gasteiger partial charge in [0.2, 0.25) is 0 Å². The van der Waals surface area contributed by atoms with E-state index in [-0.39, 0.29) is 0 Å². The molecule has 1 aliphatic carbocycles. The highest BCUT2D eigenvalue weighted by Crippen LogP contribution is 2.38. The first kappa shape index (κ1) is 17.7. The summed E-state index contributed by atoms with van der Waals surface area (Å²) in [5, 5.41) is 19.3. The van der Waals surface area contributed by atoms with E-state index in [9.17, 15) is 14.7 Å². The van der Waals surface area contributed by atoms with Crippen molar-refractivity contribution in [1.82, 2.24) is 4.98 Å². The molecule has 0 bridgehead atoms. The first-order valence-electron chi connectivity index (χ1n) is 8.84. The Labute approximate surface area is 160 Å². The highest BCUT2D eigenvalue weighted by atomic mass is 16.5. The van der Waals surface area contributed by atoms with Crippen molar-refractivity contribution in [1.29, 1.82) is 0 Å². The number of para-hydroxylation sites is 2. The maximum absolute atomic E-state index is 11.9. The van der Waals surface area contributed by atoms with E-state index in [4.69, 9.17) is 14.8 Å². The number of carbonyl (C=O) groups is 2. The Hall–Kier alpha value is -3.67. The van der Waals surface area contributed by atoms with Crippen molar-refractivity contribution in [3.63, 3.8) is 0 Å². The monoisotopic (exact) mass is 375 g/mol. The Kier molecular flexibility index (Phi) is 4.53. The van der Waals surface area contributed by atoms with Crippen LogP contribution >= 0.6 is 0 Å². The zero-order valence-corrected chi connectivity index (χ0v) is 14.9. The molecule has 0 saturated heterocycles. The van der Waals surface area contributed by atoms with Crippen molar-refractivity contribution in [2.45, 2.75) is 12.8 Å². The van der Waals surface area contributed by atoms with Crippen LogP contribution in [0.5, 0.6) is 5.75 Å². The van der Waals surface area contributed by atoms with E-state index >= 15 is 0 Å². The molecule has 1 aromatic heterocycles. The van der Waals surface area contributed by atoms with E-state index in [1.54, 1.807) is 18.2 Å². The van der Waals surface area contributed by atoms with Crippen LogP contribution in [-0.4, -0.2) is 33.7 Å². The average molecular weight is 375 g/mol. The van der Waals surface area contributed by atoms with Crippen LogP contribution in [-0.2, 0) is 11.2 Å². The Balaban J connectivity index is 1.83. The van der Waals surface area contributed by atoms with E-state index < -0.39 is 18.5 Å². The molecule has 1 aliphatic rings. The molecule has 0 unspecified atom stereocenters. The number of carboxylic acids is 2. The molecule has 2 N–H and O–H groups in total. The molecule has 0 saturated carbocycles. The number of allylic oxidation sites excluding steroid dienone is 1. The number of carboxylic acid groups (broad SMARTS) is 2. The number of hydrogen-bond donors (Lipinski definition) is 2. The van der Waals surface area contributed by atoms with Crippen LogP contribution < -0.4 is 4.74 Å². The summed E-state index contributed by atoms with van der Waals surface area (Å²) in [5.74, 6) is -1.54. The van der Waals surface area contributed by atoms with Crippen molar-refractivity contribution in [2.24, 2.45) is 0 Å². The molecular formula is C22H17NO5. The van der Waals surface area contributed by atoms with Crippen LogP contribution in [0, 0.1) is 0 Å². The van der Waals surface area contributed by atoms with E-state index in [1.807, 2.05) is 36.4 Å². The molecule has 0 fully saturated rings. The molecule has 2 aromatic carbocycles. The molecule has 6 heteroatoms. The van der Waals surface area contributed by atoms with Gasteiger partial charge in [0, 0.05) is 10.9 Å². The average Bonchev–Trinajstić information content (AvgIpc) is 3.07. The van der Waals surface area contributed by atoms with Crippen molar-refractivity contribution < 1.29 is 24.5 Å². The fraction of sp³-hybridized carbons (Fsp3) is 0.136. The minimum Gasteiger partial charge on any atom is -0.481 e. The molecule has 4 rings (SSSR count). The van der Waals surface area contributed by atoms with Crippen LogP contribution in [0.15, 0.2) is 48.5 Å². The van der Waals surface area contributed by atoms with Gasteiger partial charge in [-0.3, -0.25) is 0 Å². The fourth-order valence-electron chi connectivity index (χ4n) is 3.58. The van der Waals surface area contributed by atoms with E-state index in [1.165, 1.54) is 0 Å². The van der Waals surface area contributed by atoms with Gasteiger partial charge in [0.05, 0.1) is 16.8 Å². The molecule has 28 heavy (non-hydrogen) atoms. The van der Waals surface area contributed by atoms with E-state index in [0.29, 0.717) is 40.8 Å². The third-order valence-electron chi connectivity index (χ3n) is 4.76. The number of aromatic nitrogens is 1. The van der Waals surface area contributed by atoms with Crippen molar-refractivity contribution in [3.05, 3.63) is 70.9 Å². The van der Waals surface area contributed by atoms with Crippen LogP contribution in [0.3, 0.4) is 0 Å². The number of pyridine rings is 1. The molecule has 0 spiro atoms. The molecule has 0 atom stereocenters. The minimum absolute atomic E-state index is 0.305. The maximum Gasteiger partial charge on any atom is 0.341 e. The second kappa shape index (κ2) is 7.15. The lowest BCUT2D eigenvalue weighted by molar-refractivity contribution is -0.139. The lowest BCUT2D eigenvalue weighted by Crippen LogP contribution is -2.10. The number of fused-ring (bicyclic) bond motifs is 2. The van der Waals surface area contributed by atoms with Crippen LogP contribution in [0.1, 0.15) is 33.6 Å². The quantitative estimate of drug-likeness (QED) is 0.702. The predicted molar refractivity (Wildman–Crippen MR) is 104 cm³/mol. The lowest BCUT2D eigenvalue weighted by Gasteiger charge is -2.10. The standard InChI is InChI=1S/C22H17NO5/c24-19(25)12-28-18-8-4-1-5-13(18)11-14-9-10-16-20(22(26)27)15-6-2-3-7-17(15)23-21(14)16/h1-8,11H,9-10,12H2,(H,24,25)(H,26,27)/b14-11-. The minimum atomic E-state index is -1.05. The van der Waals surface area contributed by atoms with Gasteiger partial charge in [-0.25, -0.2) is 14.6 Å². The SMILES string of the molecule is O=C(O)COc1ccccc1/C=C1/CCc2c1nc1ccccc1c2C(=O)O. The molecule has 0 amide bonds. The van der Waals surface area contributed by atoms with Gasteiger partial charge in [-0.2, -0.15) is 0 Å². The zero-order valence-electron chi connectivity index (χ0n) is 14.9. The summed E-state index contributed by atoms with van der Waals surface area (Å²) in [6, 6.07) is 14.4. The summed E-state index contributed by atoms with van der Waals surface area (Å²) in [6.45, 7) is -0.428. The second-order valence-electron chi connectivity index (χ2n) is 6.53. The summed E-state index contributed by atoms with van der Waals surface area (Å²) in [4.78, 5) is 27.4. The number of nitrogens with zero attached hydrogens (tertiary/aromatic N) is 1. The van der Waals surface area contributed by atoms with Gasteiger partial charge in [-0.1, -0.05) is 36.4 Å². The van der Waals surface area contributed by atoms with Crippen molar-refractivity contribution in [2.75, 3.05) is 6.61 Å². The number of ether oxygens (including phenoxy) is 1. The Morgan fingerprint density at radius 2 is 1.79 bits per heavy atom. The smallest absolute Gasteiger partial charge is 0.341 e. The fourth-order valence-corrected chi connectivity index (χ4v) is 3.58. The van der Waals surface area contributed by atoms with Crippen LogP contribution in [0.2, 0.25) is 0 Å². The summed E-state index contributed by atoms with van der Waals surface area (Å²) >= 11 is 0. The molecule has 0 radical (unpaired) electrons. The number of aliphatic carboxylic acids is 1. The van der Waals surface area contributed by atoms with Crippen LogP contribution in [0.25, 0.3) is 22.6 Å². The number of benzene rings is 2. The summed E-state index contributed by atoms with van der Waals surface area (Å²) in [7, 11) is 0. The van der Waals surface area contributed by atoms with Crippen molar-refractivity contribution in [3.8, 4) is 5.75 Å². The highest BCUT2D eigenvalue weighted by Gasteiger charge is 2.26. The summed E-state index contributed by atoms with van der Waals surface area (Å²) in [5.41, 5.74) is 4.01. The second-order valence-corrected chi connectivity index (χ2v) is 6.53. The van der Waals surface area contributed by atoms with Gasteiger partial charge in [0.15, 0.2) is 6.61 Å². The normalized spacial score (nSPS) is 14.2. The Morgan fingerprint density at radius 1 is 1.04 bits per heavy atom. The van der Waals surface area contributed by atoms with Crippen molar-refractivity contribution >= 4 is 34.5 Å². The van der Waals surface area contributed by atoms with Crippen LogP contribution in [0.4, 0.5) is 0 Å². The Bertz CT molecular complexity index is 1130. The van der Waals surface area contributed by atoms with Gasteiger partial charge in [0.1, 0.15) is 5.75 Å². The van der Waals surface area contributed by atoms with Gasteiger partial charge >= 0.3 is 11.9 Å².